The molecule has 0 radical (unpaired) electrons. The number of ether oxygens (including phenoxy) is 2. The number of carbonyl (C=O) groups is 2. The molecule has 2 aliphatic rings. The maximum Gasteiger partial charge on any atom is 0.423 e. The predicted molar refractivity (Wildman–Crippen MR) is 158 cm³/mol. The molecule has 2 atom stereocenters. The van der Waals surface area contributed by atoms with E-state index in [0.717, 1.165) is 25.9 Å². The van der Waals surface area contributed by atoms with E-state index in [1.165, 1.54) is 18.1 Å². The first-order valence-electron chi connectivity index (χ1n) is 14.3. The maximum absolute atomic E-state index is 13.9. The largest absolute Gasteiger partial charge is 0.495 e. The summed E-state index contributed by atoms with van der Waals surface area (Å²) in [7, 11) is 5.09. The van der Waals surface area contributed by atoms with Crippen LogP contribution in [-0.4, -0.2) is 71.9 Å². The molecule has 44 heavy (non-hydrogen) atoms. The number of aromatic nitrogens is 2. The van der Waals surface area contributed by atoms with Crippen LogP contribution >= 0.6 is 0 Å². The summed E-state index contributed by atoms with van der Waals surface area (Å²) < 4.78 is 53.0. The molecule has 2 aromatic carbocycles. The lowest BCUT2D eigenvalue weighted by molar-refractivity contribution is -0.139. The number of rotatable bonds is 8. The van der Waals surface area contributed by atoms with Gasteiger partial charge in [-0.1, -0.05) is 12.1 Å². The van der Waals surface area contributed by atoms with Crippen molar-refractivity contribution in [2.45, 2.75) is 45.5 Å². The highest BCUT2D eigenvalue weighted by Gasteiger charge is 2.38. The molecule has 234 valence electrons. The fraction of sp³-hybridized carbons (Fsp3) is 0.419. The van der Waals surface area contributed by atoms with Crippen molar-refractivity contribution in [1.29, 1.82) is 0 Å². The van der Waals surface area contributed by atoms with Crippen LogP contribution in [-0.2, 0) is 12.7 Å². The molecule has 1 saturated heterocycles. The van der Waals surface area contributed by atoms with Crippen LogP contribution in [0.25, 0.3) is 0 Å². The van der Waals surface area contributed by atoms with E-state index < -0.39 is 17.6 Å². The third-order valence-corrected chi connectivity index (χ3v) is 8.11. The SMILES string of the molecule is COc1cc(C(=O)N[C@H](C)C2CCCN(C)C2)c(C)cc1Nc1ncc(C(F)(F)F)c(Oc2cccc3c2C(=O)N(C)C3)n1. The molecule has 3 heterocycles. The molecule has 2 amide bonds. The van der Waals surface area contributed by atoms with Crippen molar-refractivity contribution in [1.82, 2.24) is 25.1 Å². The summed E-state index contributed by atoms with van der Waals surface area (Å²) in [6.45, 7) is 6.03. The summed E-state index contributed by atoms with van der Waals surface area (Å²) >= 11 is 0. The Morgan fingerprint density at radius 3 is 2.66 bits per heavy atom. The normalized spacial score (nSPS) is 17.7. The Bertz CT molecular complexity index is 1580. The molecular formula is C31H35F3N6O4. The molecule has 5 rings (SSSR count). The van der Waals surface area contributed by atoms with Gasteiger partial charge in [0.2, 0.25) is 11.8 Å². The monoisotopic (exact) mass is 612 g/mol. The van der Waals surface area contributed by atoms with Crippen LogP contribution in [0.3, 0.4) is 0 Å². The Balaban J connectivity index is 1.41. The number of aryl methyl sites for hydroxylation is 1. The third kappa shape index (κ3) is 6.42. The molecular weight excluding hydrogens is 577 g/mol. The molecule has 1 aromatic heterocycles. The fourth-order valence-corrected chi connectivity index (χ4v) is 5.69. The van der Waals surface area contributed by atoms with Crippen LogP contribution in [0.15, 0.2) is 36.5 Å². The van der Waals surface area contributed by atoms with Crippen molar-refractivity contribution >= 4 is 23.5 Å². The number of amides is 2. The number of piperidine rings is 1. The summed E-state index contributed by atoms with van der Waals surface area (Å²) in [6.07, 6.45) is -2.08. The van der Waals surface area contributed by atoms with Gasteiger partial charge in [-0.25, -0.2) is 4.98 Å². The Labute approximate surface area is 253 Å². The number of fused-ring (bicyclic) bond motifs is 1. The smallest absolute Gasteiger partial charge is 0.423 e. The van der Waals surface area contributed by atoms with Gasteiger partial charge in [-0.15, -0.1) is 0 Å². The predicted octanol–water partition coefficient (Wildman–Crippen LogP) is 5.39. The fourth-order valence-electron chi connectivity index (χ4n) is 5.69. The van der Waals surface area contributed by atoms with Gasteiger partial charge in [-0.05, 0) is 75.5 Å². The van der Waals surface area contributed by atoms with Gasteiger partial charge in [0.05, 0.1) is 18.4 Å². The van der Waals surface area contributed by atoms with Crippen molar-refractivity contribution in [2.24, 2.45) is 5.92 Å². The van der Waals surface area contributed by atoms with Crippen LogP contribution < -0.4 is 20.1 Å². The Morgan fingerprint density at radius 1 is 1.18 bits per heavy atom. The van der Waals surface area contributed by atoms with E-state index in [4.69, 9.17) is 9.47 Å². The van der Waals surface area contributed by atoms with Crippen molar-refractivity contribution in [3.8, 4) is 17.4 Å². The number of carbonyl (C=O) groups excluding carboxylic acids is 2. The lowest BCUT2D eigenvalue weighted by atomic mass is 9.91. The molecule has 2 N–H and O–H groups in total. The summed E-state index contributed by atoms with van der Waals surface area (Å²) in [4.78, 5) is 37.5. The molecule has 0 spiro atoms. The zero-order valence-corrected chi connectivity index (χ0v) is 25.2. The quantitative estimate of drug-likeness (QED) is 0.349. The lowest BCUT2D eigenvalue weighted by Crippen LogP contribution is -2.45. The molecule has 3 aromatic rings. The zero-order chi connectivity index (χ0) is 31.8. The van der Waals surface area contributed by atoms with Crippen molar-refractivity contribution in [3.05, 3.63) is 64.3 Å². The number of anilines is 2. The number of halogens is 3. The van der Waals surface area contributed by atoms with E-state index in [-0.39, 0.29) is 40.9 Å². The molecule has 1 fully saturated rings. The van der Waals surface area contributed by atoms with E-state index in [9.17, 15) is 22.8 Å². The van der Waals surface area contributed by atoms with Gasteiger partial charge in [0.1, 0.15) is 17.1 Å². The first-order chi connectivity index (χ1) is 20.8. The second-order valence-electron chi connectivity index (χ2n) is 11.4. The summed E-state index contributed by atoms with van der Waals surface area (Å²) in [6, 6.07) is 7.93. The number of likely N-dealkylation sites (tertiary alicyclic amines) is 1. The minimum absolute atomic E-state index is 0.0334. The summed E-state index contributed by atoms with van der Waals surface area (Å²) in [5, 5.41) is 6.00. The van der Waals surface area contributed by atoms with Gasteiger partial charge in [-0.3, -0.25) is 9.59 Å². The molecule has 0 saturated carbocycles. The first-order valence-corrected chi connectivity index (χ1v) is 14.3. The minimum atomic E-state index is -4.82. The second-order valence-corrected chi connectivity index (χ2v) is 11.4. The first kappa shape index (κ1) is 31.0. The number of benzene rings is 2. The average Bonchev–Trinajstić information content (AvgIpc) is 3.26. The highest BCUT2D eigenvalue weighted by atomic mass is 19.4. The van der Waals surface area contributed by atoms with Crippen molar-refractivity contribution in [3.63, 3.8) is 0 Å². The number of hydrogen-bond acceptors (Lipinski definition) is 8. The highest BCUT2D eigenvalue weighted by Crippen LogP contribution is 2.40. The second kappa shape index (κ2) is 12.3. The maximum atomic E-state index is 13.9. The standard InChI is InChI=1S/C31H35F3N6O4/c1-17-12-23(25(43-5)13-21(17)27(41)36-18(2)19-9-7-11-39(3)15-19)37-30-35-14-22(31(32,33)34)28(38-30)44-24-10-6-8-20-16-40(4)29(42)26(20)24/h6,8,10,12-14,18-19H,7,9,11,15-16H2,1-5H3,(H,36,41)(H,35,37,38)/t18-,19?/m1/s1. The van der Waals surface area contributed by atoms with Gasteiger partial charge >= 0.3 is 6.18 Å². The molecule has 1 unspecified atom stereocenters. The van der Waals surface area contributed by atoms with Gasteiger partial charge in [0.15, 0.2) is 0 Å². The Hall–Kier alpha value is -4.39. The van der Waals surface area contributed by atoms with Crippen molar-refractivity contribution < 1.29 is 32.2 Å². The van der Waals surface area contributed by atoms with Crippen LogP contribution in [0.2, 0.25) is 0 Å². The topological polar surface area (TPSA) is 109 Å². The van der Waals surface area contributed by atoms with E-state index in [2.05, 4.69) is 32.5 Å². The van der Waals surface area contributed by atoms with Gasteiger partial charge in [0, 0.05) is 37.9 Å². The number of methoxy groups -OCH3 is 1. The number of alkyl halides is 3. The highest BCUT2D eigenvalue weighted by molar-refractivity contribution is 6.01. The van der Waals surface area contributed by atoms with E-state index in [1.54, 1.807) is 38.2 Å². The van der Waals surface area contributed by atoms with Crippen molar-refractivity contribution in [2.75, 3.05) is 39.6 Å². The summed E-state index contributed by atoms with van der Waals surface area (Å²) in [5.41, 5.74) is 0.991. The molecule has 0 aliphatic carbocycles. The lowest BCUT2D eigenvalue weighted by Gasteiger charge is -2.34. The summed E-state index contributed by atoms with van der Waals surface area (Å²) in [5.74, 6) is -0.999. The van der Waals surface area contributed by atoms with Crippen LogP contribution in [0.5, 0.6) is 17.4 Å². The molecule has 13 heteroatoms. The average molecular weight is 613 g/mol. The van der Waals surface area contributed by atoms with Crippen LogP contribution in [0, 0.1) is 12.8 Å². The van der Waals surface area contributed by atoms with E-state index in [1.807, 2.05) is 6.92 Å². The molecule has 2 aliphatic heterocycles. The molecule has 10 nitrogen and oxygen atoms in total. The van der Waals surface area contributed by atoms with Gasteiger partial charge in [0.25, 0.3) is 11.8 Å². The number of nitrogens with one attached hydrogen (secondary N) is 2. The van der Waals surface area contributed by atoms with Gasteiger partial charge < -0.3 is 29.9 Å². The van der Waals surface area contributed by atoms with E-state index >= 15 is 0 Å². The third-order valence-electron chi connectivity index (χ3n) is 8.11. The number of hydrogen-bond donors (Lipinski definition) is 2. The van der Waals surface area contributed by atoms with Crippen LogP contribution in [0.1, 0.15) is 57.2 Å². The minimum Gasteiger partial charge on any atom is -0.495 e. The van der Waals surface area contributed by atoms with E-state index in [0.29, 0.717) is 41.0 Å². The number of nitrogens with zero attached hydrogens (tertiary/aromatic N) is 4. The Kier molecular flexibility index (Phi) is 8.69. The van der Waals surface area contributed by atoms with Crippen LogP contribution in [0.4, 0.5) is 24.8 Å². The Morgan fingerprint density at radius 2 is 1.95 bits per heavy atom. The van der Waals surface area contributed by atoms with Gasteiger partial charge in [-0.2, -0.15) is 18.2 Å². The zero-order valence-electron chi connectivity index (χ0n) is 25.2. The molecule has 0 bridgehead atoms.